The van der Waals surface area contributed by atoms with E-state index in [1.165, 1.54) is 29.8 Å². The molecule has 1 aromatic heterocycles. The van der Waals surface area contributed by atoms with Crippen molar-refractivity contribution < 1.29 is 9.53 Å². The molecule has 5 heteroatoms. The number of thiazole rings is 1. The van der Waals surface area contributed by atoms with Crippen LogP contribution in [0.25, 0.3) is 0 Å². The normalized spacial score (nSPS) is 13.4. The summed E-state index contributed by atoms with van der Waals surface area (Å²) in [4.78, 5) is 18.2. The zero-order valence-corrected chi connectivity index (χ0v) is 14.2. The van der Waals surface area contributed by atoms with Gasteiger partial charge in [-0.25, -0.2) is 4.98 Å². The lowest BCUT2D eigenvalue weighted by Crippen LogP contribution is -2.27. The fraction of sp³-hybridized carbons (Fsp3) is 0.444. The van der Waals surface area contributed by atoms with Gasteiger partial charge in [-0.1, -0.05) is 18.2 Å². The lowest BCUT2D eigenvalue weighted by atomic mass is 10.0. The quantitative estimate of drug-likeness (QED) is 0.886. The third-order valence-corrected chi connectivity index (χ3v) is 5.31. The monoisotopic (exact) mass is 330 g/mol. The molecule has 1 aliphatic rings. The van der Waals surface area contributed by atoms with Crippen LogP contribution in [0.3, 0.4) is 0 Å². The fourth-order valence-corrected chi connectivity index (χ4v) is 4.06. The van der Waals surface area contributed by atoms with Gasteiger partial charge in [0.15, 0.2) is 0 Å². The van der Waals surface area contributed by atoms with Crippen molar-refractivity contribution in [1.82, 2.24) is 10.3 Å². The number of benzene rings is 1. The van der Waals surface area contributed by atoms with Crippen LogP contribution in [0.4, 0.5) is 0 Å². The molecule has 0 bridgehead atoms. The summed E-state index contributed by atoms with van der Waals surface area (Å²) in [6.45, 7) is 0.639. The SMILES string of the molecule is COc1ccccc1CC(=O)NCCc1nc2c(s1)CCCC2. The van der Waals surface area contributed by atoms with Crippen molar-refractivity contribution >= 4 is 17.2 Å². The van der Waals surface area contributed by atoms with Crippen molar-refractivity contribution in [3.8, 4) is 5.75 Å². The molecular weight excluding hydrogens is 308 g/mol. The number of para-hydroxylation sites is 1. The van der Waals surface area contributed by atoms with Gasteiger partial charge >= 0.3 is 0 Å². The number of aromatic nitrogens is 1. The highest BCUT2D eigenvalue weighted by atomic mass is 32.1. The number of aryl methyl sites for hydroxylation is 2. The minimum absolute atomic E-state index is 0.0239. The van der Waals surface area contributed by atoms with E-state index in [9.17, 15) is 4.79 Å². The molecule has 3 rings (SSSR count). The molecule has 2 aromatic rings. The minimum Gasteiger partial charge on any atom is -0.496 e. The van der Waals surface area contributed by atoms with Crippen LogP contribution < -0.4 is 10.1 Å². The summed E-state index contributed by atoms with van der Waals surface area (Å²) in [6, 6.07) is 7.63. The smallest absolute Gasteiger partial charge is 0.224 e. The Morgan fingerprint density at radius 1 is 1.30 bits per heavy atom. The standard InChI is InChI=1S/C18H22N2O2S/c1-22-15-8-4-2-6-13(15)12-17(21)19-11-10-18-20-14-7-3-5-9-16(14)23-18/h2,4,6,8H,3,5,7,9-12H2,1H3,(H,19,21). The average molecular weight is 330 g/mol. The molecular formula is C18H22N2O2S. The third-order valence-electron chi connectivity index (χ3n) is 4.09. The van der Waals surface area contributed by atoms with Crippen LogP contribution >= 0.6 is 11.3 Å². The fourth-order valence-electron chi connectivity index (χ4n) is 2.91. The molecule has 1 heterocycles. The maximum Gasteiger partial charge on any atom is 0.224 e. The molecule has 0 unspecified atom stereocenters. The number of hydrogen-bond acceptors (Lipinski definition) is 4. The van der Waals surface area contributed by atoms with Crippen molar-refractivity contribution in [3.05, 3.63) is 45.4 Å². The first-order valence-corrected chi connectivity index (χ1v) is 8.94. The summed E-state index contributed by atoms with van der Waals surface area (Å²) < 4.78 is 5.28. The molecule has 4 nitrogen and oxygen atoms in total. The molecule has 1 aliphatic carbocycles. The Morgan fingerprint density at radius 3 is 2.96 bits per heavy atom. The molecule has 1 N–H and O–H groups in total. The highest BCUT2D eigenvalue weighted by Gasteiger charge is 2.15. The summed E-state index contributed by atoms with van der Waals surface area (Å²) >= 11 is 1.81. The minimum atomic E-state index is 0.0239. The summed E-state index contributed by atoms with van der Waals surface area (Å²) in [7, 11) is 1.63. The second kappa shape index (κ2) is 7.59. The van der Waals surface area contributed by atoms with E-state index in [4.69, 9.17) is 9.72 Å². The van der Waals surface area contributed by atoms with Crippen molar-refractivity contribution in [2.45, 2.75) is 38.5 Å². The van der Waals surface area contributed by atoms with Crippen LogP contribution in [0.5, 0.6) is 5.75 Å². The number of nitrogens with one attached hydrogen (secondary N) is 1. The van der Waals surface area contributed by atoms with Gasteiger partial charge in [0.25, 0.3) is 0 Å². The maximum atomic E-state index is 12.1. The van der Waals surface area contributed by atoms with E-state index in [0.717, 1.165) is 29.2 Å². The first-order chi connectivity index (χ1) is 11.3. The summed E-state index contributed by atoms with van der Waals surface area (Å²) in [5.74, 6) is 0.783. The van der Waals surface area contributed by atoms with Gasteiger partial charge in [0.2, 0.25) is 5.91 Å². The van der Waals surface area contributed by atoms with Gasteiger partial charge in [-0.05, 0) is 31.7 Å². The van der Waals surface area contributed by atoms with E-state index in [0.29, 0.717) is 13.0 Å². The Labute approximate surface area is 140 Å². The van der Waals surface area contributed by atoms with Gasteiger partial charge in [0, 0.05) is 23.4 Å². The van der Waals surface area contributed by atoms with Crippen LogP contribution in [0.1, 0.15) is 34.0 Å². The van der Waals surface area contributed by atoms with E-state index in [-0.39, 0.29) is 5.91 Å². The summed E-state index contributed by atoms with van der Waals surface area (Å²) in [5.41, 5.74) is 2.20. The number of hydrogen-bond donors (Lipinski definition) is 1. The Balaban J connectivity index is 1.48. The lowest BCUT2D eigenvalue weighted by molar-refractivity contribution is -0.120. The Morgan fingerprint density at radius 2 is 2.13 bits per heavy atom. The van der Waals surface area contributed by atoms with Gasteiger partial charge < -0.3 is 10.1 Å². The van der Waals surface area contributed by atoms with Crippen molar-refractivity contribution in [2.24, 2.45) is 0 Å². The zero-order valence-electron chi connectivity index (χ0n) is 13.4. The van der Waals surface area contributed by atoms with Gasteiger partial charge in [-0.3, -0.25) is 4.79 Å². The average Bonchev–Trinajstić information content (AvgIpc) is 2.98. The molecule has 0 aliphatic heterocycles. The van der Waals surface area contributed by atoms with E-state index < -0.39 is 0 Å². The van der Waals surface area contributed by atoms with Crippen LogP contribution in [-0.2, 0) is 30.5 Å². The first-order valence-electron chi connectivity index (χ1n) is 8.12. The molecule has 0 saturated heterocycles. The molecule has 1 aromatic carbocycles. The largest absolute Gasteiger partial charge is 0.496 e. The second-order valence-electron chi connectivity index (χ2n) is 5.77. The maximum absolute atomic E-state index is 12.1. The van der Waals surface area contributed by atoms with Crippen LogP contribution in [0, 0.1) is 0 Å². The van der Waals surface area contributed by atoms with E-state index in [1.54, 1.807) is 7.11 Å². The van der Waals surface area contributed by atoms with Gasteiger partial charge in [-0.2, -0.15) is 0 Å². The van der Waals surface area contributed by atoms with Crippen LogP contribution in [0.2, 0.25) is 0 Å². The number of fused-ring (bicyclic) bond motifs is 1. The van der Waals surface area contributed by atoms with Crippen molar-refractivity contribution in [1.29, 1.82) is 0 Å². The van der Waals surface area contributed by atoms with Crippen molar-refractivity contribution in [3.63, 3.8) is 0 Å². The number of rotatable bonds is 6. The van der Waals surface area contributed by atoms with Gasteiger partial charge in [0.05, 0.1) is 24.2 Å². The number of nitrogens with zero attached hydrogens (tertiary/aromatic N) is 1. The van der Waals surface area contributed by atoms with Gasteiger partial charge in [-0.15, -0.1) is 11.3 Å². The topological polar surface area (TPSA) is 51.2 Å². The first kappa shape index (κ1) is 16.0. The molecule has 122 valence electrons. The Bertz CT molecular complexity index is 658. The van der Waals surface area contributed by atoms with E-state index in [1.807, 2.05) is 35.6 Å². The number of carbonyl (C=O) groups is 1. The van der Waals surface area contributed by atoms with Crippen molar-refractivity contribution in [2.75, 3.05) is 13.7 Å². The number of amides is 1. The van der Waals surface area contributed by atoms with Crippen LogP contribution in [0.15, 0.2) is 24.3 Å². The highest BCUT2D eigenvalue weighted by Crippen LogP contribution is 2.26. The molecule has 0 atom stereocenters. The number of carbonyl (C=O) groups excluding carboxylic acids is 1. The molecule has 23 heavy (non-hydrogen) atoms. The summed E-state index contributed by atoms with van der Waals surface area (Å²) in [6.07, 6.45) is 5.99. The lowest BCUT2D eigenvalue weighted by Gasteiger charge is -2.08. The Hall–Kier alpha value is -1.88. The molecule has 0 saturated carbocycles. The number of ether oxygens (including phenoxy) is 1. The molecule has 0 spiro atoms. The Kier molecular flexibility index (Phi) is 5.28. The summed E-state index contributed by atoms with van der Waals surface area (Å²) in [5, 5.41) is 4.13. The zero-order chi connectivity index (χ0) is 16.1. The van der Waals surface area contributed by atoms with Gasteiger partial charge in [0.1, 0.15) is 5.75 Å². The predicted molar refractivity (Wildman–Crippen MR) is 92.2 cm³/mol. The highest BCUT2D eigenvalue weighted by molar-refractivity contribution is 7.11. The molecule has 0 radical (unpaired) electrons. The number of methoxy groups -OCH3 is 1. The predicted octanol–water partition coefficient (Wildman–Crippen LogP) is 2.93. The molecule has 0 fully saturated rings. The van der Waals surface area contributed by atoms with Crippen LogP contribution in [-0.4, -0.2) is 24.5 Å². The van der Waals surface area contributed by atoms with E-state index in [2.05, 4.69) is 5.32 Å². The molecule has 1 amide bonds. The third kappa shape index (κ3) is 4.10. The second-order valence-corrected chi connectivity index (χ2v) is 6.94. The van der Waals surface area contributed by atoms with E-state index >= 15 is 0 Å².